The zero-order valence-electron chi connectivity index (χ0n) is 11.4. The van der Waals surface area contributed by atoms with Crippen molar-refractivity contribution in [1.82, 2.24) is 0 Å². The second-order valence-electron chi connectivity index (χ2n) is 3.05. The van der Waals surface area contributed by atoms with Crippen molar-refractivity contribution in [3.8, 4) is 0 Å². The highest BCUT2D eigenvalue weighted by Gasteiger charge is 2.35. The van der Waals surface area contributed by atoms with Gasteiger partial charge in [-0.05, 0) is 0 Å². The van der Waals surface area contributed by atoms with Crippen LogP contribution in [0.4, 0.5) is 0 Å². The van der Waals surface area contributed by atoms with Crippen LogP contribution in [0.3, 0.4) is 0 Å². The van der Waals surface area contributed by atoms with E-state index < -0.39 is 5.97 Å². The van der Waals surface area contributed by atoms with Gasteiger partial charge in [0.25, 0.3) is 0 Å². The standard InChI is InChI=1S/C6H12O4.C5H10O2/c1-5(7)6(8-2,9-3)10-4;1-3-5(6)4-7-2/h1-4H3;3-4H2,1-2H3. The minimum Gasteiger partial charge on any atom is -0.377 e. The molecule has 0 aliphatic carbocycles. The predicted octanol–water partition coefficient (Wildman–Crippen LogP) is 0.780. The van der Waals surface area contributed by atoms with Crippen molar-refractivity contribution in [3.63, 3.8) is 0 Å². The molecule has 6 nitrogen and oxygen atoms in total. The van der Waals surface area contributed by atoms with Crippen LogP contribution in [0.25, 0.3) is 0 Å². The largest absolute Gasteiger partial charge is 0.377 e. The smallest absolute Gasteiger partial charge is 0.345 e. The fourth-order valence-electron chi connectivity index (χ4n) is 0.944. The average molecular weight is 250 g/mol. The highest BCUT2D eigenvalue weighted by Crippen LogP contribution is 2.12. The summed E-state index contributed by atoms with van der Waals surface area (Å²) in [4.78, 5) is 21.1. The minimum absolute atomic E-state index is 0.155. The molecule has 0 aliphatic heterocycles. The molecule has 0 unspecified atom stereocenters. The summed E-state index contributed by atoms with van der Waals surface area (Å²) in [6.07, 6.45) is 0.577. The number of ether oxygens (including phenoxy) is 4. The van der Waals surface area contributed by atoms with Gasteiger partial charge in [0.15, 0.2) is 5.78 Å². The zero-order chi connectivity index (χ0) is 13.9. The number of carbonyl (C=O) groups excluding carboxylic acids is 2. The number of rotatable bonds is 7. The number of hydrogen-bond donors (Lipinski definition) is 0. The summed E-state index contributed by atoms with van der Waals surface area (Å²) in [5, 5.41) is 0. The lowest BCUT2D eigenvalue weighted by Crippen LogP contribution is -2.43. The summed E-state index contributed by atoms with van der Waals surface area (Å²) in [6.45, 7) is 3.41. The minimum atomic E-state index is -1.51. The molecule has 17 heavy (non-hydrogen) atoms. The molecule has 0 spiro atoms. The molecule has 102 valence electrons. The molecule has 0 bridgehead atoms. The monoisotopic (exact) mass is 250 g/mol. The summed E-state index contributed by atoms with van der Waals surface area (Å²) in [5.41, 5.74) is 0. The Morgan fingerprint density at radius 1 is 1.00 bits per heavy atom. The Morgan fingerprint density at radius 3 is 1.47 bits per heavy atom. The van der Waals surface area contributed by atoms with E-state index in [1.54, 1.807) is 0 Å². The molecule has 0 saturated heterocycles. The molecule has 0 N–H and O–H groups in total. The molecule has 0 saturated carbocycles. The number of hydrogen-bond acceptors (Lipinski definition) is 6. The Labute approximate surface area is 102 Å². The van der Waals surface area contributed by atoms with Crippen molar-refractivity contribution in [3.05, 3.63) is 0 Å². The van der Waals surface area contributed by atoms with Gasteiger partial charge in [0, 0.05) is 41.8 Å². The molecule has 0 aromatic heterocycles. The fourth-order valence-corrected chi connectivity index (χ4v) is 0.944. The number of Topliss-reactive ketones (excluding diaryl/α,β-unsaturated/α-hetero) is 2. The maximum Gasteiger partial charge on any atom is 0.345 e. The van der Waals surface area contributed by atoms with Gasteiger partial charge in [-0.1, -0.05) is 6.92 Å². The Balaban J connectivity index is 0. The molecule has 0 heterocycles. The van der Waals surface area contributed by atoms with E-state index in [1.165, 1.54) is 35.4 Å². The molecule has 0 atom stereocenters. The van der Waals surface area contributed by atoms with Crippen molar-refractivity contribution in [2.75, 3.05) is 35.0 Å². The Hall–Kier alpha value is -0.820. The first-order chi connectivity index (χ1) is 7.93. The van der Waals surface area contributed by atoms with E-state index in [-0.39, 0.29) is 18.2 Å². The maximum absolute atomic E-state index is 10.8. The van der Waals surface area contributed by atoms with Gasteiger partial charge in [0.2, 0.25) is 5.78 Å². The van der Waals surface area contributed by atoms with E-state index in [4.69, 9.17) is 14.2 Å². The Morgan fingerprint density at radius 2 is 1.41 bits per heavy atom. The quantitative estimate of drug-likeness (QED) is 0.622. The molecule has 0 aromatic carbocycles. The van der Waals surface area contributed by atoms with Gasteiger partial charge in [-0.3, -0.25) is 9.59 Å². The normalized spacial score (nSPS) is 10.5. The van der Waals surface area contributed by atoms with Crippen LogP contribution in [0.2, 0.25) is 0 Å². The van der Waals surface area contributed by atoms with Crippen LogP contribution in [0, 0.1) is 0 Å². The predicted molar refractivity (Wildman–Crippen MR) is 61.6 cm³/mol. The van der Waals surface area contributed by atoms with Gasteiger partial charge in [0.05, 0.1) is 0 Å². The summed E-state index contributed by atoms with van der Waals surface area (Å²) >= 11 is 0. The summed E-state index contributed by atoms with van der Waals surface area (Å²) < 4.78 is 18.7. The highest BCUT2D eigenvalue weighted by atomic mass is 16.9. The van der Waals surface area contributed by atoms with E-state index in [9.17, 15) is 9.59 Å². The second kappa shape index (κ2) is 10.3. The van der Waals surface area contributed by atoms with Crippen LogP contribution in [0.5, 0.6) is 0 Å². The first kappa shape index (κ1) is 18.5. The van der Waals surface area contributed by atoms with Gasteiger partial charge in [-0.15, -0.1) is 0 Å². The van der Waals surface area contributed by atoms with Gasteiger partial charge in [0.1, 0.15) is 6.61 Å². The average Bonchev–Trinajstić information content (AvgIpc) is 2.33. The first-order valence-electron chi connectivity index (χ1n) is 5.11. The van der Waals surface area contributed by atoms with E-state index in [1.807, 2.05) is 6.92 Å². The number of methoxy groups -OCH3 is 4. The van der Waals surface area contributed by atoms with Crippen molar-refractivity contribution in [1.29, 1.82) is 0 Å². The Kier molecular flexibility index (Phi) is 11.3. The van der Waals surface area contributed by atoms with E-state index in [0.717, 1.165) is 0 Å². The van der Waals surface area contributed by atoms with E-state index >= 15 is 0 Å². The Bertz CT molecular complexity index is 214. The molecule has 0 fully saturated rings. The lowest BCUT2D eigenvalue weighted by atomic mass is 10.3. The topological polar surface area (TPSA) is 71.1 Å². The van der Waals surface area contributed by atoms with E-state index in [0.29, 0.717) is 6.42 Å². The highest BCUT2D eigenvalue weighted by molar-refractivity contribution is 5.81. The van der Waals surface area contributed by atoms with Crippen LogP contribution in [-0.2, 0) is 28.5 Å². The molecule has 0 aromatic rings. The number of ketones is 2. The molecule has 0 aliphatic rings. The third-order valence-corrected chi connectivity index (χ3v) is 1.94. The van der Waals surface area contributed by atoms with Crippen LogP contribution in [-0.4, -0.2) is 52.6 Å². The van der Waals surface area contributed by atoms with Gasteiger partial charge in [-0.2, -0.15) is 0 Å². The molecular weight excluding hydrogens is 228 g/mol. The van der Waals surface area contributed by atoms with Crippen molar-refractivity contribution in [2.45, 2.75) is 26.2 Å². The SMILES string of the molecule is CCC(=O)COC.COC(OC)(OC)C(C)=O. The van der Waals surface area contributed by atoms with Crippen molar-refractivity contribution in [2.24, 2.45) is 0 Å². The van der Waals surface area contributed by atoms with Gasteiger partial charge < -0.3 is 18.9 Å². The lowest BCUT2D eigenvalue weighted by molar-refractivity contribution is -0.324. The zero-order valence-corrected chi connectivity index (χ0v) is 11.4. The lowest BCUT2D eigenvalue weighted by Gasteiger charge is -2.24. The van der Waals surface area contributed by atoms with Crippen LogP contribution in [0.15, 0.2) is 0 Å². The summed E-state index contributed by atoms with van der Waals surface area (Å²) in [5.74, 6) is -1.68. The molecule has 0 amide bonds. The molecular formula is C11H22O6. The van der Waals surface area contributed by atoms with Crippen LogP contribution in [0.1, 0.15) is 20.3 Å². The molecule has 0 rings (SSSR count). The van der Waals surface area contributed by atoms with Crippen molar-refractivity contribution >= 4 is 11.6 Å². The summed E-state index contributed by atoms with van der Waals surface area (Å²) in [7, 11) is 5.55. The summed E-state index contributed by atoms with van der Waals surface area (Å²) in [6, 6.07) is 0. The first-order valence-corrected chi connectivity index (χ1v) is 5.11. The fraction of sp³-hybridized carbons (Fsp3) is 0.818. The van der Waals surface area contributed by atoms with Crippen LogP contribution < -0.4 is 0 Å². The van der Waals surface area contributed by atoms with Crippen molar-refractivity contribution < 1.29 is 28.5 Å². The maximum atomic E-state index is 10.8. The van der Waals surface area contributed by atoms with Gasteiger partial charge >= 0.3 is 5.97 Å². The third kappa shape index (κ3) is 7.17. The molecule has 6 heteroatoms. The van der Waals surface area contributed by atoms with E-state index in [2.05, 4.69) is 4.74 Å². The number of carbonyl (C=O) groups is 2. The third-order valence-electron chi connectivity index (χ3n) is 1.94. The second-order valence-corrected chi connectivity index (χ2v) is 3.05. The van der Waals surface area contributed by atoms with Crippen LogP contribution >= 0.6 is 0 Å². The molecule has 0 radical (unpaired) electrons. The van der Waals surface area contributed by atoms with Gasteiger partial charge in [-0.25, -0.2) is 0 Å².